The SMILES string of the molecule is O=C(C[C@H](c1ccccc1)c1cn(Cc2ccccc2)c2ccc([N+](=O)[O-])cc12)N1CCN(c2ccccc2F)CC1. The minimum Gasteiger partial charge on any atom is -0.366 e. The summed E-state index contributed by atoms with van der Waals surface area (Å²) in [5, 5.41) is 12.5. The maximum Gasteiger partial charge on any atom is 0.270 e. The number of halogens is 1. The molecule has 1 aliphatic heterocycles. The van der Waals surface area contributed by atoms with Gasteiger partial charge >= 0.3 is 0 Å². The highest BCUT2D eigenvalue weighted by molar-refractivity contribution is 5.88. The van der Waals surface area contributed by atoms with Gasteiger partial charge in [0.25, 0.3) is 5.69 Å². The monoisotopic (exact) mass is 562 g/mol. The molecule has 0 aliphatic carbocycles. The Bertz CT molecular complexity index is 1710. The van der Waals surface area contributed by atoms with Crippen molar-refractivity contribution in [2.45, 2.75) is 18.9 Å². The number of hydrogen-bond acceptors (Lipinski definition) is 4. The Morgan fingerprint density at radius 1 is 0.857 bits per heavy atom. The van der Waals surface area contributed by atoms with E-state index in [1.165, 1.54) is 12.1 Å². The summed E-state index contributed by atoms with van der Waals surface area (Å²) in [6.07, 6.45) is 2.26. The minimum absolute atomic E-state index is 0.00595. The molecular formula is C34H31FN4O3. The van der Waals surface area contributed by atoms with Crippen LogP contribution in [0.2, 0.25) is 0 Å². The summed E-state index contributed by atoms with van der Waals surface area (Å²) < 4.78 is 16.5. The predicted octanol–water partition coefficient (Wildman–Crippen LogP) is 6.61. The van der Waals surface area contributed by atoms with Crippen LogP contribution in [0.5, 0.6) is 0 Å². The van der Waals surface area contributed by atoms with Crippen LogP contribution in [0.15, 0.2) is 109 Å². The van der Waals surface area contributed by atoms with E-state index in [0.717, 1.165) is 27.6 Å². The van der Waals surface area contributed by atoms with Crippen molar-refractivity contribution in [1.29, 1.82) is 0 Å². The first-order valence-corrected chi connectivity index (χ1v) is 14.1. The van der Waals surface area contributed by atoms with Gasteiger partial charge in [0, 0.05) is 74.3 Å². The molecule has 212 valence electrons. The number of rotatable bonds is 8. The Labute approximate surface area is 243 Å². The van der Waals surface area contributed by atoms with Crippen molar-refractivity contribution in [2.75, 3.05) is 31.1 Å². The zero-order valence-corrected chi connectivity index (χ0v) is 23.1. The van der Waals surface area contributed by atoms with Crippen molar-refractivity contribution in [1.82, 2.24) is 9.47 Å². The van der Waals surface area contributed by atoms with Crippen LogP contribution >= 0.6 is 0 Å². The number of carbonyl (C=O) groups is 1. The zero-order chi connectivity index (χ0) is 29.1. The van der Waals surface area contributed by atoms with E-state index in [2.05, 4.69) is 16.7 Å². The molecule has 1 fully saturated rings. The highest BCUT2D eigenvalue weighted by atomic mass is 19.1. The Balaban J connectivity index is 1.33. The van der Waals surface area contributed by atoms with E-state index >= 15 is 0 Å². The lowest BCUT2D eigenvalue weighted by molar-refractivity contribution is -0.384. The van der Waals surface area contributed by atoms with Gasteiger partial charge in [-0.05, 0) is 34.9 Å². The van der Waals surface area contributed by atoms with Gasteiger partial charge in [-0.15, -0.1) is 0 Å². The first kappa shape index (κ1) is 27.2. The van der Waals surface area contributed by atoms with E-state index < -0.39 is 0 Å². The van der Waals surface area contributed by atoms with E-state index in [0.29, 0.717) is 38.4 Å². The number of para-hydroxylation sites is 1. The normalized spacial score (nSPS) is 14.2. The van der Waals surface area contributed by atoms with Crippen molar-refractivity contribution >= 4 is 28.2 Å². The highest BCUT2D eigenvalue weighted by Crippen LogP contribution is 2.37. The van der Waals surface area contributed by atoms with Crippen LogP contribution in [0.25, 0.3) is 10.9 Å². The molecule has 1 atom stereocenters. The number of nitrogens with zero attached hydrogens (tertiary/aromatic N) is 4. The van der Waals surface area contributed by atoms with Crippen LogP contribution in [-0.2, 0) is 11.3 Å². The molecule has 2 heterocycles. The molecule has 1 amide bonds. The molecule has 4 aromatic carbocycles. The Hall–Kier alpha value is -4.98. The quantitative estimate of drug-likeness (QED) is 0.158. The van der Waals surface area contributed by atoms with Crippen LogP contribution in [0, 0.1) is 15.9 Å². The fourth-order valence-electron chi connectivity index (χ4n) is 5.92. The average molecular weight is 563 g/mol. The van der Waals surface area contributed by atoms with E-state index in [9.17, 15) is 19.3 Å². The number of nitro benzene ring substituents is 1. The van der Waals surface area contributed by atoms with Gasteiger partial charge in [-0.1, -0.05) is 72.8 Å². The first-order valence-electron chi connectivity index (χ1n) is 14.1. The van der Waals surface area contributed by atoms with E-state index in [1.54, 1.807) is 24.3 Å². The van der Waals surface area contributed by atoms with E-state index in [-0.39, 0.29) is 34.7 Å². The third-order valence-corrected chi connectivity index (χ3v) is 8.08. The number of anilines is 1. The lowest BCUT2D eigenvalue weighted by Crippen LogP contribution is -2.49. The second-order valence-corrected chi connectivity index (χ2v) is 10.6. The van der Waals surface area contributed by atoms with E-state index in [4.69, 9.17) is 0 Å². The molecular weight excluding hydrogens is 531 g/mol. The van der Waals surface area contributed by atoms with Crippen LogP contribution in [0.4, 0.5) is 15.8 Å². The summed E-state index contributed by atoms with van der Waals surface area (Å²) in [5.74, 6) is -0.557. The predicted molar refractivity (Wildman–Crippen MR) is 162 cm³/mol. The molecule has 7 nitrogen and oxygen atoms in total. The van der Waals surface area contributed by atoms with E-state index in [1.807, 2.05) is 70.6 Å². The van der Waals surface area contributed by atoms with Crippen molar-refractivity contribution in [2.24, 2.45) is 0 Å². The molecule has 1 aliphatic rings. The van der Waals surface area contributed by atoms with Crippen LogP contribution in [0.3, 0.4) is 0 Å². The van der Waals surface area contributed by atoms with Gasteiger partial charge in [0.2, 0.25) is 5.91 Å². The van der Waals surface area contributed by atoms with Gasteiger partial charge in [-0.2, -0.15) is 0 Å². The molecule has 0 bridgehead atoms. The number of piperazine rings is 1. The van der Waals surface area contributed by atoms with Gasteiger partial charge in [0.1, 0.15) is 5.82 Å². The number of amides is 1. The van der Waals surface area contributed by atoms with Crippen LogP contribution in [-0.4, -0.2) is 46.5 Å². The average Bonchev–Trinajstić information content (AvgIpc) is 3.38. The van der Waals surface area contributed by atoms with Crippen molar-refractivity contribution < 1.29 is 14.1 Å². The van der Waals surface area contributed by atoms with Crippen LogP contribution < -0.4 is 4.90 Å². The maximum atomic E-state index is 14.4. The lowest BCUT2D eigenvalue weighted by atomic mass is 9.87. The molecule has 6 rings (SSSR count). The Morgan fingerprint density at radius 3 is 2.21 bits per heavy atom. The molecule has 5 aromatic rings. The molecule has 0 N–H and O–H groups in total. The number of aromatic nitrogens is 1. The number of nitro groups is 1. The number of carbonyl (C=O) groups excluding carboxylic acids is 1. The van der Waals surface area contributed by atoms with Gasteiger partial charge in [0.15, 0.2) is 0 Å². The third-order valence-electron chi connectivity index (χ3n) is 8.08. The van der Waals surface area contributed by atoms with Crippen molar-refractivity contribution in [3.8, 4) is 0 Å². The third kappa shape index (κ3) is 5.61. The number of non-ortho nitro benzene ring substituents is 1. The summed E-state index contributed by atoms with van der Waals surface area (Å²) in [6.45, 7) is 2.69. The standard InChI is InChI=1S/C34H31FN4O3/c35-31-13-7-8-14-33(31)36-17-19-37(20-18-36)34(40)22-28(26-11-5-2-6-12-26)30-24-38(23-25-9-3-1-4-10-25)32-16-15-27(39(41)42)21-29(30)32/h1-16,21,24,28H,17-20,22-23H2/t28-/m1/s1. The topological polar surface area (TPSA) is 71.6 Å². The van der Waals surface area contributed by atoms with Crippen molar-refractivity contribution in [3.05, 3.63) is 142 Å². The van der Waals surface area contributed by atoms with Gasteiger partial charge in [-0.25, -0.2) is 4.39 Å². The summed E-state index contributed by atoms with van der Waals surface area (Å²) in [5.41, 5.74) is 4.42. The summed E-state index contributed by atoms with van der Waals surface area (Å²) in [7, 11) is 0. The largest absolute Gasteiger partial charge is 0.366 e. The Morgan fingerprint density at radius 2 is 1.52 bits per heavy atom. The first-order chi connectivity index (χ1) is 20.5. The highest BCUT2D eigenvalue weighted by Gasteiger charge is 2.28. The molecule has 42 heavy (non-hydrogen) atoms. The molecule has 0 spiro atoms. The van der Waals surface area contributed by atoms with Gasteiger partial charge in [0.05, 0.1) is 10.6 Å². The molecule has 1 saturated heterocycles. The number of benzene rings is 4. The van der Waals surface area contributed by atoms with Gasteiger partial charge < -0.3 is 14.4 Å². The maximum absolute atomic E-state index is 14.4. The summed E-state index contributed by atoms with van der Waals surface area (Å²) >= 11 is 0. The van der Waals surface area contributed by atoms with Gasteiger partial charge in [-0.3, -0.25) is 14.9 Å². The fraction of sp³-hybridized carbons (Fsp3) is 0.206. The molecule has 1 aromatic heterocycles. The molecule has 0 saturated carbocycles. The molecule has 0 unspecified atom stereocenters. The minimum atomic E-state index is -0.379. The van der Waals surface area contributed by atoms with Crippen molar-refractivity contribution in [3.63, 3.8) is 0 Å². The second kappa shape index (κ2) is 11.9. The lowest BCUT2D eigenvalue weighted by Gasteiger charge is -2.36. The summed E-state index contributed by atoms with van der Waals surface area (Å²) in [6, 6.07) is 31.6. The molecule has 0 radical (unpaired) electrons. The number of fused-ring (bicyclic) bond motifs is 1. The zero-order valence-electron chi connectivity index (χ0n) is 23.1. The summed E-state index contributed by atoms with van der Waals surface area (Å²) in [4.78, 5) is 29.0. The van der Waals surface area contributed by atoms with Crippen LogP contribution in [0.1, 0.15) is 29.0 Å². The fourth-order valence-corrected chi connectivity index (χ4v) is 5.92. The smallest absolute Gasteiger partial charge is 0.270 e. The molecule has 8 heteroatoms. The Kier molecular flexibility index (Phi) is 7.68. The number of hydrogen-bond donors (Lipinski definition) is 0. The second-order valence-electron chi connectivity index (χ2n) is 10.6.